The van der Waals surface area contributed by atoms with Crippen LogP contribution in [0.2, 0.25) is 0 Å². The second kappa shape index (κ2) is 7.58. The van der Waals surface area contributed by atoms with E-state index < -0.39 is 0 Å². The maximum Gasteiger partial charge on any atom is 0.238 e. The first kappa shape index (κ1) is 16.6. The number of amides is 1. The van der Waals surface area contributed by atoms with Crippen molar-refractivity contribution in [1.29, 1.82) is 0 Å². The standard InChI is InChI=1S/C20H23N5O/c26-19(21-15-6-2-1-3-7-15)14-25-12-10-16(11-13-25)22-20-23-17-8-4-5-9-18(17)24-20/h1-9,16H,10-14H2,(H,21,26)(H2,22,23,24). The van der Waals surface area contributed by atoms with Gasteiger partial charge in [-0.3, -0.25) is 9.69 Å². The second-order valence-electron chi connectivity index (χ2n) is 6.71. The van der Waals surface area contributed by atoms with E-state index in [-0.39, 0.29) is 5.91 Å². The van der Waals surface area contributed by atoms with Crippen molar-refractivity contribution >= 4 is 28.6 Å². The van der Waals surface area contributed by atoms with Gasteiger partial charge in [0, 0.05) is 24.8 Å². The number of piperidine rings is 1. The van der Waals surface area contributed by atoms with E-state index in [2.05, 4.69) is 25.5 Å². The van der Waals surface area contributed by atoms with Crippen LogP contribution in [0.1, 0.15) is 12.8 Å². The Hall–Kier alpha value is -2.86. The van der Waals surface area contributed by atoms with Crippen LogP contribution in [-0.2, 0) is 4.79 Å². The minimum absolute atomic E-state index is 0.0416. The Morgan fingerprint density at radius 1 is 1.08 bits per heavy atom. The molecule has 6 nitrogen and oxygen atoms in total. The number of anilines is 2. The molecular formula is C20H23N5O. The normalized spacial score (nSPS) is 15.8. The summed E-state index contributed by atoms with van der Waals surface area (Å²) in [6, 6.07) is 18.0. The molecule has 2 aromatic carbocycles. The van der Waals surface area contributed by atoms with Crippen LogP contribution in [0.4, 0.5) is 11.6 Å². The lowest BCUT2D eigenvalue weighted by Crippen LogP contribution is -2.42. The fourth-order valence-electron chi connectivity index (χ4n) is 3.38. The minimum atomic E-state index is 0.0416. The van der Waals surface area contributed by atoms with Crippen molar-refractivity contribution in [2.45, 2.75) is 18.9 Å². The highest BCUT2D eigenvalue weighted by molar-refractivity contribution is 5.92. The first-order chi connectivity index (χ1) is 12.8. The van der Waals surface area contributed by atoms with Crippen LogP contribution in [0.15, 0.2) is 54.6 Å². The summed E-state index contributed by atoms with van der Waals surface area (Å²) in [4.78, 5) is 22.3. The van der Waals surface area contributed by atoms with Crippen LogP contribution in [0.25, 0.3) is 11.0 Å². The Morgan fingerprint density at radius 3 is 2.58 bits per heavy atom. The number of aromatic nitrogens is 2. The van der Waals surface area contributed by atoms with Crippen molar-refractivity contribution in [3.05, 3.63) is 54.6 Å². The number of nitrogens with one attached hydrogen (secondary N) is 3. The van der Waals surface area contributed by atoms with E-state index in [1.165, 1.54) is 0 Å². The molecule has 1 saturated heterocycles. The van der Waals surface area contributed by atoms with Crippen LogP contribution in [0, 0.1) is 0 Å². The van der Waals surface area contributed by atoms with Gasteiger partial charge in [-0.2, -0.15) is 0 Å². The van der Waals surface area contributed by atoms with Crippen LogP contribution in [-0.4, -0.2) is 46.5 Å². The summed E-state index contributed by atoms with van der Waals surface area (Å²) in [5.41, 5.74) is 2.87. The Morgan fingerprint density at radius 2 is 1.81 bits per heavy atom. The lowest BCUT2D eigenvalue weighted by atomic mass is 10.1. The quantitative estimate of drug-likeness (QED) is 0.662. The molecule has 1 amide bonds. The summed E-state index contributed by atoms with van der Waals surface area (Å²) >= 11 is 0. The van der Waals surface area contributed by atoms with Gasteiger partial charge in [0.2, 0.25) is 11.9 Å². The third-order valence-electron chi connectivity index (χ3n) is 4.74. The fraction of sp³-hybridized carbons (Fsp3) is 0.300. The van der Waals surface area contributed by atoms with Gasteiger partial charge in [-0.15, -0.1) is 0 Å². The predicted octanol–water partition coefficient (Wildman–Crippen LogP) is 3.08. The topological polar surface area (TPSA) is 73.0 Å². The number of likely N-dealkylation sites (tertiary alicyclic amines) is 1. The molecule has 0 radical (unpaired) electrons. The fourth-order valence-corrected chi connectivity index (χ4v) is 3.38. The number of H-pyrrole nitrogens is 1. The largest absolute Gasteiger partial charge is 0.353 e. The molecule has 1 fully saturated rings. The highest BCUT2D eigenvalue weighted by atomic mass is 16.2. The lowest BCUT2D eigenvalue weighted by molar-refractivity contribution is -0.117. The Labute approximate surface area is 152 Å². The van der Waals surface area contributed by atoms with Gasteiger partial charge in [-0.25, -0.2) is 4.98 Å². The van der Waals surface area contributed by atoms with Gasteiger partial charge in [0.15, 0.2) is 0 Å². The molecule has 0 spiro atoms. The van der Waals surface area contributed by atoms with E-state index in [0.29, 0.717) is 12.6 Å². The van der Waals surface area contributed by atoms with Crippen molar-refractivity contribution in [2.24, 2.45) is 0 Å². The van der Waals surface area contributed by atoms with Crippen molar-refractivity contribution in [3.63, 3.8) is 0 Å². The maximum atomic E-state index is 12.2. The zero-order valence-electron chi connectivity index (χ0n) is 14.6. The minimum Gasteiger partial charge on any atom is -0.353 e. The lowest BCUT2D eigenvalue weighted by Gasteiger charge is -2.31. The number of rotatable bonds is 5. The van der Waals surface area contributed by atoms with Crippen molar-refractivity contribution in [1.82, 2.24) is 14.9 Å². The van der Waals surface area contributed by atoms with E-state index in [4.69, 9.17) is 0 Å². The molecule has 6 heteroatoms. The highest BCUT2D eigenvalue weighted by Crippen LogP contribution is 2.18. The Balaban J connectivity index is 1.25. The number of carbonyl (C=O) groups excluding carboxylic acids is 1. The number of hydrogen-bond donors (Lipinski definition) is 3. The third kappa shape index (κ3) is 4.03. The number of nitrogens with zero attached hydrogens (tertiary/aromatic N) is 2. The van der Waals surface area contributed by atoms with Gasteiger partial charge < -0.3 is 15.6 Å². The van der Waals surface area contributed by atoms with Crippen molar-refractivity contribution in [3.8, 4) is 0 Å². The van der Waals surface area contributed by atoms with Crippen LogP contribution >= 0.6 is 0 Å². The molecule has 134 valence electrons. The molecule has 0 aliphatic carbocycles. The van der Waals surface area contributed by atoms with Gasteiger partial charge in [0.1, 0.15) is 0 Å². The SMILES string of the molecule is O=C(CN1CCC(Nc2nc3ccccc3[nH]2)CC1)Nc1ccccc1. The van der Waals surface area contributed by atoms with E-state index in [1.807, 2.05) is 54.6 Å². The van der Waals surface area contributed by atoms with Crippen molar-refractivity contribution in [2.75, 3.05) is 30.3 Å². The van der Waals surface area contributed by atoms with Gasteiger partial charge in [-0.05, 0) is 37.1 Å². The van der Waals surface area contributed by atoms with Gasteiger partial charge in [0.25, 0.3) is 0 Å². The number of para-hydroxylation sites is 3. The number of carbonyl (C=O) groups is 1. The molecule has 2 heterocycles. The number of benzene rings is 2. The molecule has 1 aliphatic heterocycles. The first-order valence-electron chi connectivity index (χ1n) is 9.05. The molecule has 3 aromatic rings. The smallest absolute Gasteiger partial charge is 0.238 e. The summed E-state index contributed by atoms with van der Waals surface area (Å²) in [6.07, 6.45) is 1.99. The molecule has 0 bridgehead atoms. The van der Waals surface area contributed by atoms with E-state index in [1.54, 1.807) is 0 Å². The Kier molecular flexibility index (Phi) is 4.84. The zero-order valence-corrected chi connectivity index (χ0v) is 14.6. The summed E-state index contributed by atoms with van der Waals surface area (Å²) in [5, 5.41) is 6.43. The molecule has 1 aromatic heterocycles. The third-order valence-corrected chi connectivity index (χ3v) is 4.74. The summed E-state index contributed by atoms with van der Waals surface area (Å²) < 4.78 is 0. The highest BCUT2D eigenvalue weighted by Gasteiger charge is 2.21. The molecule has 4 rings (SSSR count). The van der Waals surface area contributed by atoms with Gasteiger partial charge in [-0.1, -0.05) is 30.3 Å². The van der Waals surface area contributed by atoms with Crippen LogP contribution in [0.3, 0.4) is 0 Å². The molecule has 0 unspecified atom stereocenters. The maximum absolute atomic E-state index is 12.2. The van der Waals surface area contributed by atoms with Crippen molar-refractivity contribution < 1.29 is 4.79 Å². The number of aromatic amines is 1. The van der Waals surface area contributed by atoms with E-state index >= 15 is 0 Å². The first-order valence-corrected chi connectivity index (χ1v) is 9.05. The average Bonchev–Trinajstić information content (AvgIpc) is 3.06. The summed E-state index contributed by atoms with van der Waals surface area (Å²) in [7, 11) is 0. The molecule has 0 saturated carbocycles. The van der Waals surface area contributed by atoms with E-state index in [9.17, 15) is 4.79 Å². The second-order valence-corrected chi connectivity index (χ2v) is 6.71. The van der Waals surface area contributed by atoms with Crippen LogP contribution in [0.5, 0.6) is 0 Å². The van der Waals surface area contributed by atoms with Gasteiger partial charge >= 0.3 is 0 Å². The Bertz CT molecular complexity index is 835. The molecule has 26 heavy (non-hydrogen) atoms. The van der Waals surface area contributed by atoms with Gasteiger partial charge in [0.05, 0.1) is 17.6 Å². The molecule has 3 N–H and O–H groups in total. The number of hydrogen-bond acceptors (Lipinski definition) is 4. The monoisotopic (exact) mass is 349 g/mol. The number of imidazole rings is 1. The predicted molar refractivity (Wildman–Crippen MR) is 104 cm³/mol. The summed E-state index contributed by atoms with van der Waals surface area (Å²) in [6.45, 7) is 2.24. The molecular weight excluding hydrogens is 326 g/mol. The summed E-state index contributed by atoms with van der Waals surface area (Å²) in [5.74, 6) is 0.867. The van der Waals surface area contributed by atoms with E-state index in [0.717, 1.165) is 48.6 Å². The zero-order chi connectivity index (χ0) is 17.8. The van der Waals surface area contributed by atoms with Crippen LogP contribution < -0.4 is 10.6 Å². The molecule has 0 atom stereocenters. The number of fused-ring (bicyclic) bond motifs is 1. The average molecular weight is 349 g/mol. The molecule has 1 aliphatic rings.